The van der Waals surface area contributed by atoms with Gasteiger partial charge < -0.3 is 10.1 Å². The number of ether oxygens (including phenoxy) is 1. The fraction of sp³-hybridized carbons (Fsp3) is 0.480. The van der Waals surface area contributed by atoms with Crippen molar-refractivity contribution in [3.63, 3.8) is 0 Å². The monoisotopic (exact) mass is 439 g/mol. The van der Waals surface area contributed by atoms with Crippen molar-refractivity contribution in [2.24, 2.45) is 0 Å². The van der Waals surface area contributed by atoms with Gasteiger partial charge in [0, 0.05) is 11.8 Å². The molecule has 0 spiro atoms. The lowest BCUT2D eigenvalue weighted by Gasteiger charge is -2.23. The first-order chi connectivity index (χ1) is 15.2. The van der Waals surface area contributed by atoms with E-state index in [1.807, 2.05) is 12.3 Å². The van der Waals surface area contributed by atoms with Crippen LogP contribution in [0.25, 0.3) is 0 Å². The summed E-state index contributed by atoms with van der Waals surface area (Å²) in [5, 5.41) is 3.07. The first-order valence-corrected chi connectivity index (χ1v) is 11.3. The van der Waals surface area contributed by atoms with E-state index in [0.717, 1.165) is 10.6 Å². The number of benzene rings is 1. The Labute approximate surface area is 188 Å². The molecule has 0 unspecified atom stereocenters. The van der Waals surface area contributed by atoms with Crippen LogP contribution in [-0.4, -0.2) is 27.5 Å². The van der Waals surface area contributed by atoms with Crippen LogP contribution < -0.4 is 5.32 Å². The summed E-state index contributed by atoms with van der Waals surface area (Å²) in [6.45, 7) is 5.62. The van der Waals surface area contributed by atoms with Crippen molar-refractivity contribution in [1.82, 2.24) is 9.88 Å². The summed E-state index contributed by atoms with van der Waals surface area (Å²) in [7, 11) is 0. The largest absolute Gasteiger partial charge is 0.443 e. The van der Waals surface area contributed by atoms with E-state index in [1.54, 1.807) is 26.8 Å². The van der Waals surface area contributed by atoms with Crippen molar-refractivity contribution < 1.29 is 18.7 Å². The highest BCUT2D eigenvalue weighted by atomic mass is 19.1. The van der Waals surface area contributed by atoms with Crippen molar-refractivity contribution in [3.8, 4) is 0 Å². The molecular formula is C25H30FN3O3. The first kappa shape index (κ1) is 22.2. The van der Waals surface area contributed by atoms with Crippen molar-refractivity contribution in [3.05, 3.63) is 58.7 Å². The maximum atomic E-state index is 14.7. The zero-order valence-electron chi connectivity index (χ0n) is 18.9. The quantitative estimate of drug-likeness (QED) is 0.655. The number of aromatic nitrogens is 1. The van der Waals surface area contributed by atoms with Crippen LogP contribution in [0.3, 0.4) is 0 Å². The van der Waals surface area contributed by atoms with Gasteiger partial charge in [0.05, 0.1) is 24.5 Å². The second kappa shape index (κ2) is 8.88. The van der Waals surface area contributed by atoms with Gasteiger partial charge in [0.25, 0.3) is 5.91 Å². The Morgan fingerprint density at radius 1 is 1.22 bits per heavy atom. The second-order valence-corrected chi connectivity index (χ2v) is 9.63. The third-order valence-electron chi connectivity index (χ3n) is 5.99. The average Bonchev–Trinajstić information content (AvgIpc) is 3.07. The molecule has 32 heavy (non-hydrogen) atoms. The Bertz CT molecular complexity index is 1010. The Morgan fingerprint density at radius 3 is 2.62 bits per heavy atom. The number of imide groups is 1. The van der Waals surface area contributed by atoms with Gasteiger partial charge in [-0.1, -0.05) is 25.3 Å². The standard InChI is InChI=1S/C25H30FN3O3/c1-25(2,3)32-24(31)29-15-18-11-22(21(26)12-20(18)23(29)30)28-14-19-10-9-17(13-27-19)16-7-5-4-6-8-16/h9-13,16,28H,4-8,14-15H2,1-3H3. The van der Waals surface area contributed by atoms with Crippen LogP contribution in [-0.2, 0) is 17.8 Å². The minimum absolute atomic E-state index is 0.0619. The number of nitrogens with zero attached hydrogens (tertiary/aromatic N) is 2. The summed E-state index contributed by atoms with van der Waals surface area (Å²) in [5.74, 6) is -0.487. The van der Waals surface area contributed by atoms with Crippen LogP contribution in [0.1, 0.15) is 86.0 Å². The number of halogens is 1. The van der Waals surface area contributed by atoms with Crippen LogP contribution in [0, 0.1) is 5.82 Å². The Morgan fingerprint density at radius 2 is 1.97 bits per heavy atom. The highest BCUT2D eigenvalue weighted by Gasteiger charge is 2.35. The summed E-state index contributed by atoms with van der Waals surface area (Å²) in [4.78, 5) is 30.4. The molecule has 2 amide bonds. The molecule has 0 radical (unpaired) electrons. The molecule has 1 aliphatic heterocycles. The lowest BCUT2D eigenvalue weighted by molar-refractivity contribution is 0.0248. The van der Waals surface area contributed by atoms with E-state index in [1.165, 1.54) is 43.7 Å². The van der Waals surface area contributed by atoms with Gasteiger partial charge in [0.15, 0.2) is 0 Å². The topological polar surface area (TPSA) is 71.5 Å². The molecule has 0 atom stereocenters. The number of hydrogen-bond acceptors (Lipinski definition) is 5. The average molecular weight is 440 g/mol. The summed E-state index contributed by atoms with van der Waals surface area (Å²) < 4.78 is 19.9. The van der Waals surface area contributed by atoms with Gasteiger partial charge in [-0.2, -0.15) is 0 Å². The zero-order valence-corrected chi connectivity index (χ0v) is 18.9. The Balaban J connectivity index is 1.41. The summed E-state index contributed by atoms with van der Waals surface area (Å²) in [6, 6.07) is 6.87. The minimum atomic E-state index is -0.726. The molecule has 7 heteroatoms. The van der Waals surface area contributed by atoms with Gasteiger partial charge in [0.2, 0.25) is 0 Å². The number of hydrogen-bond donors (Lipinski definition) is 1. The number of carbonyl (C=O) groups excluding carboxylic acids is 2. The Kier molecular flexibility index (Phi) is 6.17. The molecule has 1 fully saturated rings. The fourth-order valence-corrected chi connectivity index (χ4v) is 4.34. The van der Waals surface area contributed by atoms with Crippen molar-refractivity contribution in [1.29, 1.82) is 0 Å². The van der Waals surface area contributed by atoms with Crippen LogP contribution in [0.5, 0.6) is 0 Å². The van der Waals surface area contributed by atoms with Crippen molar-refractivity contribution in [2.45, 2.75) is 77.5 Å². The molecule has 6 nitrogen and oxygen atoms in total. The van der Waals surface area contributed by atoms with Crippen molar-refractivity contribution in [2.75, 3.05) is 5.32 Å². The number of pyridine rings is 1. The number of fused-ring (bicyclic) bond motifs is 1. The van der Waals surface area contributed by atoms with E-state index < -0.39 is 23.4 Å². The minimum Gasteiger partial charge on any atom is -0.443 e. The lowest BCUT2D eigenvalue weighted by Crippen LogP contribution is -2.36. The van der Waals surface area contributed by atoms with Gasteiger partial charge in [0.1, 0.15) is 11.4 Å². The molecule has 2 aromatic rings. The predicted molar refractivity (Wildman–Crippen MR) is 120 cm³/mol. The van der Waals surface area contributed by atoms with Crippen molar-refractivity contribution >= 4 is 17.7 Å². The molecule has 1 aliphatic carbocycles. The van der Waals surface area contributed by atoms with E-state index >= 15 is 0 Å². The maximum absolute atomic E-state index is 14.7. The second-order valence-electron chi connectivity index (χ2n) is 9.63. The van der Waals surface area contributed by atoms with Gasteiger partial charge in [-0.15, -0.1) is 0 Å². The zero-order chi connectivity index (χ0) is 22.9. The first-order valence-electron chi connectivity index (χ1n) is 11.3. The molecule has 1 saturated carbocycles. The third-order valence-corrected chi connectivity index (χ3v) is 5.99. The highest BCUT2D eigenvalue weighted by molar-refractivity contribution is 6.06. The summed E-state index contributed by atoms with van der Waals surface area (Å²) >= 11 is 0. The van der Waals surface area contributed by atoms with E-state index in [0.29, 0.717) is 18.0 Å². The van der Waals surface area contributed by atoms with Crippen LogP contribution in [0.2, 0.25) is 0 Å². The van der Waals surface area contributed by atoms with Gasteiger partial charge >= 0.3 is 6.09 Å². The van der Waals surface area contributed by atoms with E-state index in [-0.39, 0.29) is 17.8 Å². The molecule has 0 bridgehead atoms. The van der Waals surface area contributed by atoms with Gasteiger partial charge in [-0.25, -0.2) is 14.1 Å². The lowest BCUT2D eigenvalue weighted by atomic mass is 9.85. The number of nitrogens with one attached hydrogen (secondary N) is 1. The molecule has 1 aromatic heterocycles. The highest BCUT2D eigenvalue weighted by Crippen LogP contribution is 2.32. The van der Waals surface area contributed by atoms with Crippen LogP contribution in [0.4, 0.5) is 14.9 Å². The molecular weight excluding hydrogens is 409 g/mol. The Hall–Kier alpha value is -2.96. The maximum Gasteiger partial charge on any atom is 0.417 e. The van der Waals surface area contributed by atoms with Gasteiger partial charge in [-0.05, 0) is 68.9 Å². The molecule has 4 rings (SSSR count). The molecule has 1 N–H and O–H groups in total. The smallest absolute Gasteiger partial charge is 0.417 e. The third kappa shape index (κ3) is 4.92. The van der Waals surface area contributed by atoms with E-state index in [4.69, 9.17) is 4.74 Å². The molecule has 2 heterocycles. The summed E-state index contributed by atoms with van der Waals surface area (Å²) in [6.07, 6.45) is 7.52. The van der Waals surface area contributed by atoms with E-state index in [9.17, 15) is 14.0 Å². The molecule has 2 aliphatic rings. The number of anilines is 1. The van der Waals surface area contributed by atoms with E-state index in [2.05, 4.69) is 16.4 Å². The number of amides is 2. The van der Waals surface area contributed by atoms with Crippen LogP contribution >= 0.6 is 0 Å². The predicted octanol–water partition coefficient (Wildman–Crippen LogP) is 5.77. The molecule has 0 saturated heterocycles. The summed E-state index contributed by atoms with van der Waals surface area (Å²) in [5.41, 5.74) is 2.43. The van der Waals surface area contributed by atoms with Crippen LogP contribution in [0.15, 0.2) is 30.5 Å². The number of carbonyl (C=O) groups is 2. The normalized spacial score (nSPS) is 16.8. The number of rotatable bonds is 4. The van der Waals surface area contributed by atoms with Gasteiger partial charge in [-0.3, -0.25) is 9.78 Å². The molecule has 170 valence electrons. The molecule has 1 aromatic carbocycles. The SMILES string of the molecule is CC(C)(C)OC(=O)N1Cc2cc(NCc3ccc(C4CCCCC4)cn3)c(F)cc2C1=O. The fourth-order valence-electron chi connectivity index (χ4n) is 4.34.